The fourth-order valence-electron chi connectivity index (χ4n) is 1.72. The molecule has 4 nitrogen and oxygen atoms in total. The van der Waals surface area contributed by atoms with Crippen molar-refractivity contribution in [3.05, 3.63) is 48.3 Å². The first kappa shape index (κ1) is 16.9. The lowest BCUT2D eigenvalue weighted by atomic mass is 9.91. The summed E-state index contributed by atoms with van der Waals surface area (Å²) in [5.41, 5.74) is -0.648. The standard InChI is InChI=1S/C16H21FN2O2/c1-4-10-18-14(20)16(2,3)15(21)19-11-9-12-7-5-6-8-13(12)17/h4-8H,1,9-11H2,2-3H3,(H,18,20)(H,19,21). The maximum atomic E-state index is 13.4. The van der Waals surface area contributed by atoms with Crippen molar-refractivity contribution < 1.29 is 14.0 Å². The first-order valence-corrected chi connectivity index (χ1v) is 6.80. The minimum atomic E-state index is -1.18. The number of carbonyl (C=O) groups excluding carboxylic acids is 2. The second-order valence-corrected chi connectivity index (χ2v) is 5.22. The lowest BCUT2D eigenvalue weighted by Crippen LogP contribution is -2.48. The molecule has 0 bridgehead atoms. The molecule has 5 heteroatoms. The van der Waals surface area contributed by atoms with E-state index in [1.807, 2.05) is 0 Å². The van der Waals surface area contributed by atoms with E-state index in [9.17, 15) is 14.0 Å². The molecule has 0 aliphatic heterocycles. The summed E-state index contributed by atoms with van der Waals surface area (Å²) in [6, 6.07) is 6.41. The summed E-state index contributed by atoms with van der Waals surface area (Å²) in [6.07, 6.45) is 1.92. The Labute approximate surface area is 124 Å². The van der Waals surface area contributed by atoms with Crippen molar-refractivity contribution in [2.24, 2.45) is 5.41 Å². The number of amides is 2. The third-order valence-electron chi connectivity index (χ3n) is 3.18. The van der Waals surface area contributed by atoms with Crippen molar-refractivity contribution in [2.75, 3.05) is 13.1 Å². The first-order valence-electron chi connectivity index (χ1n) is 6.80. The molecular formula is C16H21FN2O2. The van der Waals surface area contributed by atoms with Gasteiger partial charge in [0, 0.05) is 13.1 Å². The Morgan fingerprint density at radius 1 is 1.24 bits per heavy atom. The number of hydrogen-bond donors (Lipinski definition) is 2. The van der Waals surface area contributed by atoms with E-state index in [0.717, 1.165) is 0 Å². The number of nitrogens with one attached hydrogen (secondary N) is 2. The molecule has 0 aromatic heterocycles. The monoisotopic (exact) mass is 292 g/mol. The van der Waals surface area contributed by atoms with Crippen LogP contribution in [0.1, 0.15) is 19.4 Å². The smallest absolute Gasteiger partial charge is 0.235 e. The number of carbonyl (C=O) groups is 2. The third kappa shape index (κ3) is 4.70. The van der Waals surface area contributed by atoms with Crippen LogP contribution in [0.2, 0.25) is 0 Å². The highest BCUT2D eigenvalue weighted by Gasteiger charge is 2.35. The summed E-state index contributed by atoms with van der Waals surface area (Å²) in [7, 11) is 0. The highest BCUT2D eigenvalue weighted by atomic mass is 19.1. The summed E-state index contributed by atoms with van der Waals surface area (Å²) in [4.78, 5) is 23.9. The fourth-order valence-corrected chi connectivity index (χ4v) is 1.72. The molecule has 0 spiro atoms. The van der Waals surface area contributed by atoms with Crippen LogP contribution in [-0.2, 0) is 16.0 Å². The zero-order valence-corrected chi connectivity index (χ0v) is 12.4. The topological polar surface area (TPSA) is 58.2 Å². The van der Waals surface area contributed by atoms with Gasteiger partial charge in [-0.3, -0.25) is 9.59 Å². The van der Waals surface area contributed by atoms with Crippen molar-refractivity contribution in [2.45, 2.75) is 20.3 Å². The van der Waals surface area contributed by atoms with E-state index in [1.165, 1.54) is 6.07 Å². The SMILES string of the molecule is C=CCNC(=O)C(C)(C)C(=O)NCCc1ccccc1F. The van der Waals surface area contributed by atoms with Crippen LogP contribution in [0.3, 0.4) is 0 Å². The molecule has 0 fully saturated rings. The Kier molecular flexibility index (Phi) is 6.09. The maximum Gasteiger partial charge on any atom is 0.235 e. The number of rotatable bonds is 7. The number of halogens is 1. The van der Waals surface area contributed by atoms with Gasteiger partial charge in [-0.1, -0.05) is 24.3 Å². The predicted molar refractivity (Wildman–Crippen MR) is 80.1 cm³/mol. The molecule has 0 radical (unpaired) electrons. The third-order valence-corrected chi connectivity index (χ3v) is 3.18. The van der Waals surface area contributed by atoms with Gasteiger partial charge in [-0.25, -0.2) is 4.39 Å². The summed E-state index contributed by atoms with van der Waals surface area (Å²) in [6.45, 7) is 7.18. The molecule has 0 aliphatic rings. The van der Waals surface area contributed by atoms with Crippen molar-refractivity contribution in [1.29, 1.82) is 0 Å². The quantitative estimate of drug-likeness (QED) is 0.595. The fraction of sp³-hybridized carbons (Fsp3) is 0.375. The Balaban J connectivity index is 2.51. The number of hydrogen-bond acceptors (Lipinski definition) is 2. The second kappa shape index (κ2) is 7.57. The molecule has 0 aliphatic carbocycles. The van der Waals surface area contributed by atoms with Gasteiger partial charge in [0.2, 0.25) is 11.8 Å². The van der Waals surface area contributed by atoms with Gasteiger partial charge in [-0.2, -0.15) is 0 Å². The Hall–Kier alpha value is -2.17. The largest absolute Gasteiger partial charge is 0.355 e. The molecule has 2 N–H and O–H groups in total. The van der Waals surface area contributed by atoms with Crippen LogP contribution in [-0.4, -0.2) is 24.9 Å². The van der Waals surface area contributed by atoms with Crippen LogP contribution in [0.4, 0.5) is 4.39 Å². The average molecular weight is 292 g/mol. The lowest BCUT2D eigenvalue weighted by molar-refractivity contribution is -0.141. The minimum absolute atomic E-state index is 0.276. The van der Waals surface area contributed by atoms with Gasteiger partial charge in [0.1, 0.15) is 11.2 Å². The van der Waals surface area contributed by atoms with Gasteiger partial charge >= 0.3 is 0 Å². The van der Waals surface area contributed by atoms with Gasteiger partial charge in [-0.05, 0) is 31.9 Å². The van der Waals surface area contributed by atoms with Gasteiger partial charge < -0.3 is 10.6 Å². The Bertz CT molecular complexity index is 527. The molecular weight excluding hydrogens is 271 g/mol. The van der Waals surface area contributed by atoms with Crippen LogP contribution in [0.15, 0.2) is 36.9 Å². The molecule has 0 unspecified atom stereocenters. The molecule has 0 saturated heterocycles. The van der Waals surface area contributed by atoms with Crippen LogP contribution >= 0.6 is 0 Å². The van der Waals surface area contributed by atoms with Crippen LogP contribution in [0.25, 0.3) is 0 Å². The summed E-state index contributed by atoms with van der Waals surface area (Å²) in [5.74, 6) is -1.05. The van der Waals surface area contributed by atoms with E-state index in [1.54, 1.807) is 38.1 Å². The van der Waals surface area contributed by atoms with Crippen molar-refractivity contribution in [1.82, 2.24) is 10.6 Å². The van der Waals surface area contributed by atoms with Gasteiger partial charge in [0.25, 0.3) is 0 Å². The minimum Gasteiger partial charge on any atom is -0.355 e. The van der Waals surface area contributed by atoms with E-state index in [-0.39, 0.29) is 24.2 Å². The molecule has 0 atom stereocenters. The molecule has 21 heavy (non-hydrogen) atoms. The van der Waals surface area contributed by atoms with Crippen molar-refractivity contribution in [3.8, 4) is 0 Å². The summed E-state index contributed by atoms with van der Waals surface area (Å²) >= 11 is 0. The van der Waals surface area contributed by atoms with Crippen LogP contribution in [0, 0.1) is 11.2 Å². The van der Waals surface area contributed by atoms with Gasteiger partial charge in [0.15, 0.2) is 0 Å². The lowest BCUT2D eigenvalue weighted by Gasteiger charge is -2.22. The predicted octanol–water partition coefficient (Wildman–Crippen LogP) is 1.81. The first-order chi connectivity index (χ1) is 9.89. The molecule has 1 rings (SSSR count). The van der Waals surface area contributed by atoms with E-state index in [0.29, 0.717) is 18.5 Å². The van der Waals surface area contributed by atoms with Crippen molar-refractivity contribution >= 4 is 11.8 Å². The maximum absolute atomic E-state index is 13.4. The second-order valence-electron chi connectivity index (χ2n) is 5.22. The van der Waals surface area contributed by atoms with Gasteiger partial charge in [-0.15, -0.1) is 6.58 Å². The number of benzene rings is 1. The molecule has 1 aromatic rings. The zero-order valence-electron chi connectivity index (χ0n) is 12.4. The van der Waals surface area contributed by atoms with Crippen molar-refractivity contribution in [3.63, 3.8) is 0 Å². The average Bonchev–Trinajstić information content (AvgIpc) is 2.46. The van der Waals surface area contributed by atoms with Crippen LogP contribution in [0.5, 0.6) is 0 Å². The van der Waals surface area contributed by atoms with E-state index < -0.39 is 5.41 Å². The molecule has 0 heterocycles. The molecule has 2 amide bonds. The Morgan fingerprint density at radius 3 is 2.48 bits per heavy atom. The normalized spacial score (nSPS) is 10.8. The molecule has 1 aromatic carbocycles. The molecule has 114 valence electrons. The Morgan fingerprint density at radius 2 is 1.86 bits per heavy atom. The highest BCUT2D eigenvalue weighted by Crippen LogP contribution is 2.15. The molecule has 0 saturated carbocycles. The van der Waals surface area contributed by atoms with E-state index in [4.69, 9.17) is 0 Å². The zero-order chi connectivity index (χ0) is 15.9. The van der Waals surface area contributed by atoms with Gasteiger partial charge in [0.05, 0.1) is 0 Å². The summed E-state index contributed by atoms with van der Waals surface area (Å²) in [5, 5.41) is 5.26. The summed E-state index contributed by atoms with van der Waals surface area (Å²) < 4.78 is 13.4. The van der Waals surface area contributed by atoms with Crippen LogP contribution < -0.4 is 10.6 Å². The highest BCUT2D eigenvalue weighted by molar-refractivity contribution is 6.04. The van der Waals surface area contributed by atoms with E-state index in [2.05, 4.69) is 17.2 Å². The van der Waals surface area contributed by atoms with E-state index >= 15 is 0 Å².